The zero-order valence-corrected chi connectivity index (χ0v) is 12.2. The van der Waals surface area contributed by atoms with Gasteiger partial charge in [-0.25, -0.2) is 4.79 Å². The molecule has 0 bridgehead atoms. The molecule has 4 rings (SSSR count). The predicted octanol–water partition coefficient (Wildman–Crippen LogP) is 3.42. The minimum atomic E-state index is -0.993. The SMILES string of the molecule is O=C(O)c1ccc2c(c1)[C@]1(C[C@@H]1c1ccccc1Cl)C(=O)N2. The molecule has 1 heterocycles. The fraction of sp³-hybridized carbons (Fsp3) is 0.176. The lowest BCUT2D eigenvalue weighted by molar-refractivity contribution is -0.118. The summed E-state index contributed by atoms with van der Waals surface area (Å²) in [5.41, 5.74) is 1.92. The Morgan fingerprint density at radius 3 is 2.77 bits per heavy atom. The monoisotopic (exact) mass is 313 g/mol. The molecular formula is C17H12ClNO3. The summed E-state index contributed by atoms with van der Waals surface area (Å²) in [6, 6.07) is 12.3. The van der Waals surface area contributed by atoms with Crippen LogP contribution in [0.2, 0.25) is 5.02 Å². The number of nitrogens with one attached hydrogen (secondary N) is 1. The molecule has 0 radical (unpaired) electrons. The third-order valence-electron chi connectivity index (χ3n) is 4.64. The van der Waals surface area contributed by atoms with Crippen LogP contribution in [0.1, 0.15) is 33.8 Å². The maximum atomic E-state index is 12.5. The Balaban J connectivity index is 1.83. The summed E-state index contributed by atoms with van der Waals surface area (Å²) in [7, 11) is 0. The van der Waals surface area contributed by atoms with Gasteiger partial charge in [-0.15, -0.1) is 0 Å². The second kappa shape index (κ2) is 4.34. The molecule has 1 aliphatic carbocycles. The Labute approximate surface area is 131 Å². The van der Waals surface area contributed by atoms with Gasteiger partial charge < -0.3 is 10.4 Å². The highest BCUT2D eigenvalue weighted by Crippen LogP contribution is 2.65. The molecule has 5 heteroatoms. The average Bonchev–Trinajstić information content (AvgIpc) is 3.17. The molecule has 2 atom stereocenters. The van der Waals surface area contributed by atoms with Crippen molar-refractivity contribution in [2.24, 2.45) is 0 Å². The van der Waals surface area contributed by atoms with Crippen molar-refractivity contribution in [3.63, 3.8) is 0 Å². The van der Waals surface area contributed by atoms with Gasteiger partial charge in [0.2, 0.25) is 5.91 Å². The summed E-state index contributed by atoms with van der Waals surface area (Å²) in [5, 5.41) is 12.7. The Hall–Kier alpha value is -2.33. The molecule has 1 amide bonds. The molecule has 0 saturated heterocycles. The fourth-order valence-electron chi connectivity index (χ4n) is 3.46. The number of carboxylic acids is 1. The van der Waals surface area contributed by atoms with Crippen molar-refractivity contribution in [3.8, 4) is 0 Å². The highest BCUT2D eigenvalue weighted by atomic mass is 35.5. The molecule has 1 aliphatic heterocycles. The van der Waals surface area contributed by atoms with Crippen molar-refractivity contribution >= 4 is 29.2 Å². The van der Waals surface area contributed by atoms with E-state index in [0.717, 1.165) is 11.1 Å². The molecule has 2 N–H and O–H groups in total. The van der Waals surface area contributed by atoms with Crippen LogP contribution in [-0.2, 0) is 10.2 Å². The van der Waals surface area contributed by atoms with Crippen LogP contribution in [-0.4, -0.2) is 17.0 Å². The number of amides is 1. The van der Waals surface area contributed by atoms with E-state index >= 15 is 0 Å². The smallest absolute Gasteiger partial charge is 0.335 e. The van der Waals surface area contributed by atoms with E-state index in [1.54, 1.807) is 12.1 Å². The third kappa shape index (κ3) is 1.64. The minimum Gasteiger partial charge on any atom is -0.478 e. The van der Waals surface area contributed by atoms with Crippen LogP contribution in [0.5, 0.6) is 0 Å². The summed E-state index contributed by atoms with van der Waals surface area (Å²) in [4.78, 5) is 23.7. The first-order valence-corrected chi connectivity index (χ1v) is 7.35. The van der Waals surface area contributed by atoms with Crippen molar-refractivity contribution < 1.29 is 14.7 Å². The molecule has 0 unspecified atom stereocenters. The first kappa shape index (κ1) is 13.3. The molecular weight excluding hydrogens is 302 g/mol. The van der Waals surface area contributed by atoms with Crippen LogP contribution in [0.3, 0.4) is 0 Å². The number of halogens is 1. The van der Waals surface area contributed by atoms with Gasteiger partial charge in [0.25, 0.3) is 0 Å². The molecule has 0 aromatic heterocycles. The number of rotatable bonds is 2. The van der Waals surface area contributed by atoms with E-state index in [-0.39, 0.29) is 17.4 Å². The molecule has 2 aromatic carbocycles. The van der Waals surface area contributed by atoms with Crippen LogP contribution in [0, 0.1) is 0 Å². The number of fused-ring (bicyclic) bond motifs is 2. The van der Waals surface area contributed by atoms with E-state index in [4.69, 9.17) is 11.6 Å². The van der Waals surface area contributed by atoms with Crippen LogP contribution in [0.25, 0.3) is 0 Å². The Kier molecular flexibility index (Phi) is 2.63. The van der Waals surface area contributed by atoms with Gasteiger partial charge in [0, 0.05) is 16.6 Å². The lowest BCUT2D eigenvalue weighted by atomic mass is 9.91. The summed E-state index contributed by atoms with van der Waals surface area (Å²) < 4.78 is 0. The van der Waals surface area contributed by atoms with Crippen LogP contribution < -0.4 is 5.32 Å². The second-order valence-electron chi connectivity index (χ2n) is 5.77. The molecule has 4 nitrogen and oxygen atoms in total. The number of anilines is 1. The zero-order valence-electron chi connectivity index (χ0n) is 11.5. The summed E-state index contributed by atoms with van der Waals surface area (Å²) in [6.07, 6.45) is 0.651. The Morgan fingerprint density at radius 1 is 1.27 bits per heavy atom. The lowest BCUT2D eigenvalue weighted by Gasteiger charge is -2.10. The van der Waals surface area contributed by atoms with Gasteiger partial charge in [0.15, 0.2) is 0 Å². The molecule has 1 spiro atoms. The van der Waals surface area contributed by atoms with Crippen LogP contribution >= 0.6 is 11.6 Å². The van der Waals surface area contributed by atoms with Crippen molar-refractivity contribution in [2.75, 3.05) is 5.32 Å². The van der Waals surface area contributed by atoms with E-state index in [0.29, 0.717) is 17.1 Å². The summed E-state index contributed by atoms with van der Waals surface area (Å²) >= 11 is 6.25. The molecule has 1 fully saturated rings. The average molecular weight is 314 g/mol. The lowest BCUT2D eigenvalue weighted by Crippen LogP contribution is -2.21. The van der Waals surface area contributed by atoms with Crippen molar-refractivity contribution in [2.45, 2.75) is 17.8 Å². The standard InChI is InChI=1S/C17H12ClNO3/c18-13-4-2-1-3-10(13)12-8-17(12)11-7-9(15(20)21)5-6-14(11)19-16(17)22/h1-7,12H,8H2,(H,19,22)(H,20,21)/t12-,17+/m1/s1. The van der Waals surface area contributed by atoms with Gasteiger partial charge in [0.05, 0.1) is 11.0 Å². The quantitative estimate of drug-likeness (QED) is 0.892. The highest BCUT2D eigenvalue weighted by molar-refractivity contribution is 6.31. The van der Waals surface area contributed by atoms with Crippen molar-refractivity contribution in [1.29, 1.82) is 0 Å². The van der Waals surface area contributed by atoms with E-state index in [1.807, 2.05) is 24.3 Å². The maximum Gasteiger partial charge on any atom is 0.335 e. The molecule has 2 aromatic rings. The van der Waals surface area contributed by atoms with Gasteiger partial charge in [0.1, 0.15) is 0 Å². The second-order valence-corrected chi connectivity index (χ2v) is 6.18. The highest BCUT2D eigenvalue weighted by Gasteiger charge is 2.65. The normalized spacial score (nSPS) is 25.0. The first-order valence-electron chi connectivity index (χ1n) is 6.98. The fourth-order valence-corrected chi connectivity index (χ4v) is 3.72. The number of benzene rings is 2. The van der Waals surface area contributed by atoms with Crippen LogP contribution in [0.4, 0.5) is 5.69 Å². The molecule has 110 valence electrons. The van der Waals surface area contributed by atoms with Crippen molar-refractivity contribution in [1.82, 2.24) is 0 Å². The van der Waals surface area contributed by atoms with Gasteiger partial charge in [-0.3, -0.25) is 4.79 Å². The van der Waals surface area contributed by atoms with Gasteiger partial charge in [-0.2, -0.15) is 0 Å². The predicted molar refractivity (Wildman–Crippen MR) is 82.5 cm³/mol. The van der Waals surface area contributed by atoms with Gasteiger partial charge in [-0.05, 0) is 41.8 Å². The van der Waals surface area contributed by atoms with Crippen LogP contribution in [0.15, 0.2) is 42.5 Å². The Morgan fingerprint density at radius 2 is 2.05 bits per heavy atom. The van der Waals surface area contributed by atoms with E-state index in [2.05, 4.69) is 5.32 Å². The molecule has 22 heavy (non-hydrogen) atoms. The minimum absolute atomic E-state index is 0.00788. The first-order chi connectivity index (χ1) is 10.5. The topological polar surface area (TPSA) is 66.4 Å². The maximum absolute atomic E-state index is 12.5. The number of hydrogen-bond donors (Lipinski definition) is 2. The third-order valence-corrected chi connectivity index (χ3v) is 4.99. The number of hydrogen-bond acceptors (Lipinski definition) is 2. The summed E-state index contributed by atoms with van der Waals surface area (Å²) in [6.45, 7) is 0. The van der Waals surface area contributed by atoms with Gasteiger partial charge >= 0.3 is 5.97 Å². The number of carboxylic acid groups (broad SMARTS) is 1. The Bertz CT molecular complexity index is 832. The number of carbonyl (C=O) groups is 2. The van der Waals surface area contributed by atoms with Gasteiger partial charge in [-0.1, -0.05) is 29.8 Å². The number of carbonyl (C=O) groups excluding carboxylic acids is 1. The van der Waals surface area contributed by atoms with E-state index in [1.165, 1.54) is 6.07 Å². The van der Waals surface area contributed by atoms with Crippen molar-refractivity contribution in [3.05, 3.63) is 64.2 Å². The zero-order chi connectivity index (χ0) is 15.5. The summed E-state index contributed by atoms with van der Waals surface area (Å²) in [5.74, 6) is -1.08. The van der Waals surface area contributed by atoms with E-state index in [9.17, 15) is 14.7 Å². The molecule has 2 aliphatic rings. The largest absolute Gasteiger partial charge is 0.478 e. The van der Waals surface area contributed by atoms with E-state index < -0.39 is 11.4 Å². The molecule has 1 saturated carbocycles. The number of aromatic carboxylic acids is 1.